The molecule has 164 valence electrons. The molecule has 13 nitrogen and oxygen atoms in total. The Morgan fingerprint density at radius 1 is 0.733 bits per heavy atom. The van der Waals surface area contributed by atoms with Crippen molar-refractivity contribution in [2.45, 2.75) is 9.79 Å². The number of nitrogen functional groups attached to an aromatic ring is 2. The highest BCUT2D eigenvalue weighted by molar-refractivity contribution is 7.86. The highest BCUT2D eigenvalue weighted by Crippen LogP contribution is 2.42. The number of hydrogen-bond acceptors (Lipinski definition) is 11. The molecule has 0 aromatic heterocycles. The molecule has 0 spiro atoms. The Labute approximate surface area is 171 Å². The summed E-state index contributed by atoms with van der Waals surface area (Å²) < 4.78 is 96.7. The Morgan fingerprint density at radius 3 is 1.33 bits per heavy atom. The maximum Gasteiger partial charge on any atom is 0.805 e. The second-order valence-corrected chi connectivity index (χ2v) is 9.03. The molecule has 0 aliphatic heterocycles. The summed E-state index contributed by atoms with van der Waals surface area (Å²) in [5.41, 5.74) is 11.0. The van der Waals surface area contributed by atoms with E-state index in [4.69, 9.17) is 30.0 Å². The zero-order valence-corrected chi connectivity index (χ0v) is 17.8. The van der Waals surface area contributed by atoms with Crippen molar-refractivity contribution in [1.29, 1.82) is 0 Å². The quantitative estimate of drug-likeness (QED) is 0.238. The van der Waals surface area contributed by atoms with Crippen LogP contribution in [0.1, 0.15) is 0 Å². The first-order chi connectivity index (χ1) is 13.8. The van der Waals surface area contributed by atoms with Crippen LogP contribution in [0.5, 0.6) is 23.0 Å². The summed E-state index contributed by atoms with van der Waals surface area (Å²) in [4.78, 5) is -1.69. The van der Waals surface area contributed by atoms with Crippen molar-refractivity contribution in [3.63, 3.8) is 0 Å². The minimum atomic E-state index is -4.87. The van der Waals surface area contributed by atoms with Gasteiger partial charge in [0.2, 0.25) is 11.5 Å². The second-order valence-electron chi connectivity index (χ2n) is 5.44. The van der Waals surface area contributed by atoms with E-state index in [2.05, 4.69) is 0 Å². The fourth-order valence-electron chi connectivity index (χ4n) is 2.19. The van der Waals surface area contributed by atoms with Crippen LogP contribution in [0.3, 0.4) is 0 Å². The zero-order valence-electron chi connectivity index (χ0n) is 15.3. The summed E-state index contributed by atoms with van der Waals surface area (Å²) in [5.74, 6) is -1.59. The standard InChI is InChI=1S/C14H15N2O11PS2/c1-24-9-5-13(29(18,19)20)11(3-7(9)15)26-28(17)27-12-4-8(16)10(25-2)6-14(12)30(21,22)23/h3-6H,15-16H2,1-2H3,(H-,18,19,20,21,22,23)/p+1. The Hall–Kier alpha value is -2.84. The van der Waals surface area contributed by atoms with E-state index in [9.17, 15) is 30.5 Å². The highest BCUT2D eigenvalue weighted by Gasteiger charge is 2.34. The maximum absolute atomic E-state index is 12.3. The van der Waals surface area contributed by atoms with E-state index in [0.29, 0.717) is 0 Å². The summed E-state index contributed by atoms with van der Waals surface area (Å²) in [5, 5.41) is 0. The van der Waals surface area contributed by atoms with Crippen molar-refractivity contribution in [2.75, 3.05) is 25.7 Å². The summed E-state index contributed by atoms with van der Waals surface area (Å²) in [6, 6.07) is 3.42. The summed E-state index contributed by atoms with van der Waals surface area (Å²) in [7, 11) is -10.7. The molecule has 0 amide bonds. The Kier molecular flexibility index (Phi) is 6.63. The van der Waals surface area contributed by atoms with Gasteiger partial charge in [0.15, 0.2) is 0 Å². The van der Waals surface area contributed by atoms with Gasteiger partial charge in [0.05, 0.1) is 25.6 Å². The Morgan fingerprint density at radius 2 is 1.07 bits per heavy atom. The topological polar surface area (TPSA) is 215 Å². The van der Waals surface area contributed by atoms with Gasteiger partial charge in [-0.3, -0.25) is 9.11 Å². The Bertz CT molecular complexity index is 1120. The average molecular weight is 483 g/mol. The van der Waals surface area contributed by atoms with Gasteiger partial charge in [0, 0.05) is 28.8 Å². The average Bonchev–Trinajstić information content (AvgIpc) is 2.59. The lowest BCUT2D eigenvalue weighted by molar-refractivity contribution is 0.394. The van der Waals surface area contributed by atoms with Crippen molar-refractivity contribution in [2.24, 2.45) is 0 Å². The van der Waals surface area contributed by atoms with Crippen LogP contribution in [0.25, 0.3) is 0 Å². The molecule has 16 heteroatoms. The zero-order chi connectivity index (χ0) is 22.9. The molecule has 0 atom stereocenters. The monoisotopic (exact) mass is 483 g/mol. The molecule has 0 heterocycles. The third-order valence-corrected chi connectivity index (χ3v) is 5.93. The van der Waals surface area contributed by atoms with Gasteiger partial charge in [0.1, 0.15) is 21.3 Å². The van der Waals surface area contributed by atoms with Crippen molar-refractivity contribution in [3.05, 3.63) is 24.3 Å². The molecule has 6 N–H and O–H groups in total. The van der Waals surface area contributed by atoms with Crippen molar-refractivity contribution in [1.82, 2.24) is 0 Å². The summed E-state index contributed by atoms with van der Waals surface area (Å²) >= 11 is 0. The van der Waals surface area contributed by atoms with E-state index in [-0.39, 0.29) is 22.9 Å². The molecule has 0 unspecified atom stereocenters. The van der Waals surface area contributed by atoms with Crippen LogP contribution in [0.2, 0.25) is 0 Å². The first-order valence-corrected chi connectivity index (χ1v) is 11.5. The van der Waals surface area contributed by atoms with Gasteiger partial charge in [-0.05, 0) is 0 Å². The third-order valence-electron chi connectivity index (χ3n) is 3.49. The summed E-state index contributed by atoms with van der Waals surface area (Å²) in [6.45, 7) is 0. The molecular formula is C14H16N2O11PS2+. The SMILES string of the molecule is COc1cc(S(=O)(=O)O)c(O[P+](=O)Oc2cc(N)c(OC)cc2S(=O)(=O)O)cc1N. The summed E-state index contributed by atoms with van der Waals surface area (Å²) in [6.07, 6.45) is 0. The van der Waals surface area contributed by atoms with Gasteiger partial charge >= 0.3 is 8.25 Å². The van der Waals surface area contributed by atoms with E-state index < -0.39 is 49.8 Å². The van der Waals surface area contributed by atoms with Gasteiger partial charge in [-0.1, -0.05) is 0 Å². The normalized spacial score (nSPS) is 11.6. The van der Waals surface area contributed by atoms with Crippen LogP contribution in [0.4, 0.5) is 11.4 Å². The number of ether oxygens (including phenoxy) is 2. The molecule has 0 fully saturated rings. The predicted octanol–water partition coefficient (Wildman–Crippen LogP) is 1.48. The molecule has 30 heavy (non-hydrogen) atoms. The van der Waals surface area contributed by atoms with Crippen molar-refractivity contribution in [3.8, 4) is 23.0 Å². The van der Waals surface area contributed by atoms with Crippen LogP contribution < -0.4 is 30.0 Å². The fourth-order valence-corrected chi connectivity index (χ4v) is 4.20. The van der Waals surface area contributed by atoms with Crippen molar-refractivity contribution < 1.29 is 49.0 Å². The van der Waals surface area contributed by atoms with Crippen LogP contribution in [-0.4, -0.2) is 40.2 Å². The van der Waals surface area contributed by atoms with E-state index in [1.165, 1.54) is 14.2 Å². The molecule has 0 saturated carbocycles. The molecule has 0 aliphatic carbocycles. The lowest BCUT2D eigenvalue weighted by Gasteiger charge is -2.09. The first-order valence-electron chi connectivity index (χ1n) is 7.51. The van der Waals surface area contributed by atoms with Crippen LogP contribution in [0, 0.1) is 0 Å². The smallest absolute Gasteiger partial charge is 0.495 e. The van der Waals surface area contributed by atoms with Gasteiger partial charge in [-0.25, -0.2) is 9.05 Å². The van der Waals surface area contributed by atoms with Gasteiger partial charge in [0.25, 0.3) is 20.2 Å². The van der Waals surface area contributed by atoms with E-state index >= 15 is 0 Å². The molecule has 0 bridgehead atoms. The van der Waals surface area contributed by atoms with Gasteiger partial charge in [-0.15, -0.1) is 0 Å². The third kappa shape index (κ3) is 5.20. The van der Waals surface area contributed by atoms with Crippen LogP contribution in [-0.2, 0) is 24.8 Å². The largest absolute Gasteiger partial charge is 0.805 e. The number of benzene rings is 2. The van der Waals surface area contributed by atoms with E-state index in [1.807, 2.05) is 0 Å². The van der Waals surface area contributed by atoms with E-state index in [1.54, 1.807) is 0 Å². The van der Waals surface area contributed by atoms with Crippen molar-refractivity contribution >= 4 is 39.9 Å². The Balaban J connectivity index is 2.47. The first kappa shape index (κ1) is 23.4. The predicted molar refractivity (Wildman–Crippen MR) is 103 cm³/mol. The molecule has 0 radical (unpaired) electrons. The van der Waals surface area contributed by atoms with Crippen LogP contribution in [0.15, 0.2) is 34.1 Å². The number of methoxy groups -OCH3 is 2. The minimum Gasteiger partial charge on any atom is -0.495 e. The molecule has 0 saturated heterocycles. The highest BCUT2D eigenvalue weighted by atomic mass is 32.2. The molecule has 2 aromatic rings. The minimum absolute atomic E-state index is 0.122. The number of nitrogens with two attached hydrogens (primary N) is 2. The number of rotatable bonds is 8. The lowest BCUT2D eigenvalue weighted by Crippen LogP contribution is -2.06. The van der Waals surface area contributed by atoms with Gasteiger partial charge in [-0.2, -0.15) is 16.8 Å². The fraction of sp³-hybridized carbons (Fsp3) is 0.143. The maximum atomic E-state index is 12.3. The lowest BCUT2D eigenvalue weighted by atomic mass is 10.3. The molecule has 0 aliphatic rings. The van der Waals surface area contributed by atoms with Crippen LogP contribution >= 0.6 is 8.25 Å². The molecular weight excluding hydrogens is 467 g/mol. The number of anilines is 2. The molecule has 2 aromatic carbocycles. The van der Waals surface area contributed by atoms with E-state index in [0.717, 1.165) is 24.3 Å². The van der Waals surface area contributed by atoms with Gasteiger partial charge < -0.3 is 20.9 Å². The number of hydrogen-bond donors (Lipinski definition) is 4. The molecule has 2 rings (SSSR count). The second kappa shape index (κ2) is 8.49.